The van der Waals surface area contributed by atoms with Crippen LogP contribution in [0, 0.1) is 11.7 Å². The van der Waals surface area contributed by atoms with Gasteiger partial charge in [0.05, 0.1) is 11.3 Å². The Labute approximate surface area is 140 Å². The molecule has 1 aliphatic rings. The molecule has 3 rings (SSSR count). The molecule has 1 unspecified atom stereocenters. The van der Waals surface area contributed by atoms with Crippen molar-refractivity contribution in [3.05, 3.63) is 53.5 Å². The summed E-state index contributed by atoms with van der Waals surface area (Å²) in [7, 11) is 1.80. The Morgan fingerprint density at radius 2 is 2.12 bits per heavy atom. The van der Waals surface area contributed by atoms with Crippen molar-refractivity contribution in [2.45, 2.75) is 19.3 Å². The number of aromatic nitrogens is 2. The maximum Gasteiger partial charge on any atom is 0.256 e. The topological polar surface area (TPSA) is 58.1 Å². The molecule has 2 aromatic rings. The van der Waals surface area contributed by atoms with Crippen LogP contribution in [0.1, 0.15) is 28.9 Å². The van der Waals surface area contributed by atoms with Crippen LogP contribution in [0.3, 0.4) is 0 Å². The summed E-state index contributed by atoms with van der Waals surface area (Å²) in [6.45, 7) is 1.30. The molecular weight excluding hydrogens is 307 g/mol. The second kappa shape index (κ2) is 7.38. The van der Waals surface area contributed by atoms with Gasteiger partial charge in [0.1, 0.15) is 11.6 Å². The van der Waals surface area contributed by atoms with Crippen molar-refractivity contribution in [1.29, 1.82) is 0 Å². The second-order valence-corrected chi connectivity index (χ2v) is 6.10. The highest BCUT2D eigenvalue weighted by Gasteiger charge is 2.26. The fourth-order valence-electron chi connectivity index (χ4n) is 3.12. The third-order valence-corrected chi connectivity index (χ3v) is 4.38. The first kappa shape index (κ1) is 16.4. The maximum absolute atomic E-state index is 13.8. The number of amides is 1. The maximum atomic E-state index is 13.8. The van der Waals surface area contributed by atoms with Crippen LogP contribution in [0.5, 0.6) is 0 Å². The van der Waals surface area contributed by atoms with Gasteiger partial charge in [-0.05, 0) is 49.4 Å². The number of likely N-dealkylation sites (tertiary alicyclic amines) is 1. The summed E-state index contributed by atoms with van der Waals surface area (Å²) in [5, 5.41) is 11.2. The fraction of sp³-hybridized carbons (Fsp3) is 0.389. The van der Waals surface area contributed by atoms with Crippen molar-refractivity contribution in [3.63, 3.8) is 0 Å². The number of carbonyl (C=O) groups is 1. The number of carbonyl (C=O) groups excluding carboxylic acids is 1. The van der Waals surface area contributed by atoms with Gasteiger partial charge in [0, 0.05) is 20.1 Å². The Kier molecular flexibility index (Phi) is 5.03. The number of piperidine rings is 1. The van der Waals surface area contributed by atoms with Crippen LogP contribution >= 0.6 is 0 Å². The summed E-state index contributed by atoms with van der Waals surface area (Å²) in [6, 6.07) is 10.0. The average Bonchev–Trinajstić information content (AvgIpc) is 2.62. The number of hydrogen-bond donors (Lipinski definition) is 1. The van der Waals surface area contributed by atoms with Crippen LogP contribution < -0.4 is 5.32 Å². The van der Waals surface area contributed by atoms with Crippen LogP contribution in [-0.2, 0) is 6.42 Å². The van der Waals surface area contributed by atoms with Gasteiger partial charge >= 0.3 is 0 Å². The predicted octanol–water partition coefficient (Wildman–Crippen LogP) is 2.75. The van der Waals surface area contributed by atoms with E-state index >= 15 is 0 Å². The Morgan fingerprint density at radius 3 is 2.83 bits per heavy atom. The molecule has 5 nitrogen and oxygen atoms in total. The minimum atomic E-state index is -0.460. The molecule has 0 radical (unpaired) electrons. The minimum absolute atomic E-state index is 0.149. The van der Waals surface area contributed by atoms with E-state index in [9.17, 15) is 9.18 Å². The van der Waals surface area contributed by atoms with Crippen molar-refractivity contribution in [3.8, 4) is 0 Å². The third kappa shape index (κ3) is 3.69. The molecule has 126 valence electrons. The Hall–Kier alpha value is -2.50. The highest BCUT2D eigenvalue weighted by molar-refractivity contribution is 5.94. The molecule has 0 aliphatic carbocycles. The quantitative estimate of drug-likeness (QED) is 0.937. The van der Waals surface area contributed by atoms with Crippen molar-refractivity contribution >= 4 is 11.7 Å². The summed E-state index contributed by atoms with van der Waals surface area (Å²) in [5.74, 6) is 0.371. The van der Waals surface area contributed by atoms with Crippen LogP contribution in [0.4, 0.5) is 10.2 Å². The number of halogens is 1. The van der Waals surface area contributed by atoms with E-state index in [0.717, 1.165) is 30.8 Å². The number of hydrogen-bond acceptors (Lipinski definition) is 4. The van der Waals surface area contributed by atoms with E-state index in [-0.39, 0.29) is 11.5 Å². The van der Waals surface area contributed by atoms with Gasteiger partial charge in [0.15, 0.2) is 0 Å². The highest BCUT2D eigenvalue weighted by Crippen LogP contribution is 2.22. The van der Waals surface area contributed by atoms with Gasteiger partial charge in [0.2, 0.25) is 0 Å². The standard InChI is InChI=1S/C18H21FN4O/c1-20-17-9-8-14(21-22-17)11-13-5-4-10-23(12-13)18(24)15-6-2-3-7-16(15)19/h2-3,6-9,13H,4-5,10-12H2,1H3,(H,20,22). The van der Waals surface area contributed by atoms with Crippen LogP contribution in [0.25, 0.3) is 0 Å². The first-order chi connectivity index (χ1) is 11.7. The van der Waals surface area contributed by atoms with Gasteiger partial charge in [-0.25, -0.2) is 4.39 Å². The predicted molar refractivity (Wildman–Crippen MR) is 90.3 cm³/mol. The number of rotatable bonds is 4. The van der Waals surface area contributed by atoms with E-state index in [4.69, 9.17) is 0 Å². The summed E-state index contributed by atoms with van der Waals surface area (Å²) >= 11 is 0. The normalized spacial score (nSPS) is 17.6. The number of anilines is 1. The van der Waals surface area contributed by atoms with E-state index in [1.54, 1.807) is 30.1 Å². The molecule has 0 saturated carbocycles. The molecule has 0 bridgehead atoms. The summed E-state index contributed by atoms with van der Waals surface area (Å²) in [6.07, 6.45) is 2.74. The monoisotopic (exact) mass is 328 g/mol. The number of nitrogens with zero attached hydrogens (tertiary/aromatic N) is 3. The molecule has 1 amide bonds. The lowest BCUT2D eigenvalue weighted by molar-refractivity contribution is 0.0668. The summed E-state index contributed by atoms with van der Waals surface area (Å²) in [5.41, 5.74) is 1.07. The molecule has 0 spiro atoms. The first-order valence-electron chi connectivity index (χ1n) is 8.21. The van der Waals surface area contributed by atoms with Gasteiger partial charge in [-0.15, -0.1) is 5.10 Å². The molecule has 2 heterocycles. The molecular formula is C18H21FN4O. The molecule has 1 aromatic heterocycles. The molecule has 6 heteroatoms. The van der Waals surface area contributed by atoms with Crippen molar-refractivity contribution in [2.75, 3.05) is 25.5 Å². The molecule has 1 N–H and O–H groups in total. The third-order valence-electron chi connectivity index (χ3n) is 4.38. The lowest BCUT2D eigenvalue weighted by Gasteiger charge is -2.32. The SMILES string of the molecule is CNc1ccc(CC2CCCN(C(=O)c3ccccc3F)C2)nn1. The second-order valence-electron chi connectivity index (χ2n) is 6.10. The summed E-state index contributed by atoms with van der Waals surface area (Å²) < 4.78 is 13.8. The molecule has 24 heavy (non-hydrogen) atoms. The Balaban J connectivity index is 1.65. The lowest BCUT2D eigenvalue weighted by atomic mass is 9.93. The van der Waals surface area contributed by atoms with E-state index in [1.165, 1.54) is 6.07 Å². The van der Waals surface area contributed by atoms with E-state index in [2.05, 4.69) is 15.5 Å². The molecule has 1 fully saturated rings. The smallest absolute Gasteiger partial charge is 0.256 e. The van der Waals surface area contributed by atoms with Crippen molar-refractivity contribution < 1.29 is 9.18 Å². The largest absolute Gasteiger partial charge is 0.372 e. The van der Waals surface area contributed by atoms with Gasteiger partial charge in [-0.1, -0.05) is 12.1 Å². The van der Waals surface area contributed by atoms with Gasteiger partial charge in [-0.3, -0.25) is 4.79 Å². The number of benzene rings is 1. The molecule has 1 aromatic carbocycles. The zero-order valence-corrected chi connectivity index (χ0v) is 13.7. The highest BCUT2D eigenvalue weighted by atomic mass is 19.1. The van der Waals surface area contributed by atoms with E-state index in [1.807, 2.05) is 12.1 Å². The molecule has 1 atom stereocenters. The van der Waals surface area contributed by atoms with E-state index in [0.29, 0.717) is 19.0 Å². The van der Waals surface area contributed by atoms with E-state index < -0.39 is 5.82 Å². The summed E-state index contributed by atoms with van der Waals surface area (Å²) in [4.78, 5) is 14.3. The lowest BCUT2D eigenvalue weighted by Crippen LogP contribution is -2.40. The first-order valence-corrected chi connectivity index (χ1v) is 8.21. The zero-order chi connectivity index (χ0) is 16.9. The van der Waals surface area contributed by atoms with Crippen LogP contribution in [-0.4, -0.2) is 41.1 Å². The molecule has 1 saturated heterocycles. The van der Waals surface area contributed by atoms with Gasteiger partial charge in [0.25, 0.3) is 5.91 Å². The van der Waals surface area contributed by atoms with Crippen molar-refractivity contribution in [2.24, 2.45) is 5.92 Å². The van der Waals surface area contributed by atoms with Gasteiger partial charge in [-0.2, -0.15) is 5.10 Å². The average molecular weight is 328 g/mol. The van der Waals surface area contributed by atoms with Crippen LogP contribution in [0.2, 0.25) is 0 Å². The zero-order valence-electron chi connectivity index (χ0n) is 13.7. The van der Waals surface area contributed by atoms with Gasteiger partial charge < -0.3 is 10.2 Å². The molecule has 1 aliphatic heterocycles. The Morgan fingerprint density at radius 1 is 1.29 bits per heavy atom. The minimum Gasteiger partial charge on any atom is -0.372 e. The number of nitrogens with one attached hydrogen (secondary N) is 1. The van der Waals surface area contributed by atoms with Crippen LogP contribution in [0.15, 0.2) is 36.4 Å². The fourth-order valence-corrected chi connectivity index (χ4v) is 3.12. The Bertz CT molecular complexity index is 704. The van der Waals surface area contributed by atoms with Crippen molar-refractivity contribution in [1.82, 2.24) is 15.1 Å².